The Hall–Kier alpha value is -2.45. The summed E-state index contributed by atoms with van der Waals surface area (Å²) in [5, 5.41) is 3.82. The van der Waals surface area contributed by atoms with Crippen LogP contribution in [0, 0.1) is 3.57 Å². The molecule has 2 aromatic heterocycles. The first-order valence-electron chi connectivity index (χ1n) is 7.87. The van der Waals surface area contributed by atoms with Gasteiger partial charge in [-0.3, -0.25) is 4.79 Å². The number of halogens is 1. The van der Waals surface area contributed by atoms with Gasteiger partial charge in [-0.15, -0.1) is 11.3 Å². The average molecular weight is 472 g/mol. The van der Waals surface area contributed by atoms with E-state index < -0.39 is 0 Å². The third-order valence-electron chi connectivity index (χ3n) is 3.71. The van der Waals surface area contributed by atoms with Gasteiger partial charge in [-0.1, -0.05) is 12.1 Å². The van der Waals surface area contributed by atoms with Crippen LogP contribution in [-0.4, -0.2) is 10.9 Å². The fourth-order valence-electron chi connectivity index (χ4n) is 2.51. The Morgan fingerprint density at radius 2 is 2.04 bits per heavy atom. The topological polar surface area (TPSA) is 55.1 Å². The van der Waals surface area contributed by atoms with E-state index in [0.717, 1.165) is 30.0 Å². The standard InChI is InChI=1S/C20H13IN2O2S/c21-13-7-9-16(22-19(24)10-8-14-4-3-11-25-14)15(12-13)20-23-17-5-1-2-6-18(17)26-20/h1-12H,(H,22,24). The zero-order valence-electron chi connectivity index (χ0n) is 13.5. The number of anilines is 1. The van der Waals surface area contributed by atoms with Crippen LogP contribution in [0.5, 0.6) is 0 Å². The molecule has 0 saturated heterocycles. The number of furan rings is 1. The van der Waals surface area contributed by atoms with Crippen molar-refractivity contribution in [2.24, 2.45) is 0 Å². The van der Waals surface area contributed by atoms with Crippen molar-refractivity contribution in [1.82, 2.24) is 4.98 Å². The van der Waals surface area contributed by atoms with Crippen molar-refractivity contribution in [3.8, 4) is 10.6 Å². The molecule has 4 rings (SSSR count). The third-order valence-corrected chi connectivity index (χ3v) is 5.45. The predicted octanol–water partition coefficient (Wildman–Crippen LogP) is 5.81. The molecule has 0 radical (unpaired) electrons. The van der Waals surface area contributed by atoms with Crippen molar-refractivity contribution in [3.63, 3.8) is 0 Å². The Balaban J connectivity index is 1.65. The first-order valence-corrected chi connectivity index (χ1v) is 9.77. The second-order valence-corrected chi connectivity index (χ2v) is 7.79. The van der Waals surface area contributed by atoms with Crippen LogP contribution in [-0.2, 0) is 4.79 Å². The van der Waals surface area contributed by atoms with Crippen LogP contribution in [0.2, 0.25) is 0 Å². The maximum Gasteiger partial charge on any atom is 0.248 e. The zero-order valence-corrected chi connectivity index (χ0v) is 16.5. The Kier molecular flexibility index (Phi) is 4.85. The number of amides is 1. The lowest BCUT2D eigenvalue weighted by molar-refractivity contribution is -0.111. The number of nitrogens with one attached hydrogen (secondary N) is 1. The van der Waals surface area contributed by atoms with Crippen molar-refractivity contribution in [3.05, 3.63) is 76.3 Å². The number of carbonyl (C=O) groups excluding carboxylic acids is 1. The molecule has 2 heterocycles. The summed E-state index contributed by atoms with van der Waals surface area (Å²) in [6, 6.07) is 17.5. The number of aromatic nitrogens is 1. The van der Waals surface area contributed by atoms with E-state index in [2.05, 4.69) is 34.0 Å². The van der Waals surface area contributed by atoms with Crippen molar-refractivity contribution in [1.29, 1.82) is 0 Å². The van der Waals surface area contributed by atoms with E-state index in [4.69, 9.17) is 9.40 Å². The van der Waals surface area contributed by atoms with Gasteiger partial charge in [0.1, 0.15) is 10.8 Å². The van der Waals surface area contributed by atoms with E-state index in [1.165, 1.54) is 6.08 Å². The van der Waals surface area contributed by atoms with E-state index in [1.54, 1.807) is 35.8 Å². The van der Waals surface area contributed by atoms with Crippen molar-refractivity contribution >= 4 is 61.8 Å². The molecule has 1 N–H and O–H groups in total. The normalized spacial score (nSPS) is 11.3. The molecular formula is C20H13IN2O2S. The van der Waals surface area contributed by atoms with Crippen LogP contribution >= 0.6 is 33.9 Å². The van der Waals surface area contributed by atoms with Crippen molar-refractivity contribution in [2.45, 2.75) is 0 Å². The maximum atomic E-state index is 12.3. The van der Waals surface area contributed by atoms with Crippen LogP contribution in [0.25, 0.3) is 26.9 Å². The number of hydrogen-bond acceptors (Lipinski definition) is 4. The van der Waals surface area contributed by atoms with Gasteiger partial charge < -0.3 is 9.73 Å². The molecule has 4 aromatic rings. The zero-order chi connectivity index (χ0) is 17.9. The summed E-state index contributed by atoms with van der Waals surface area (Å²) in [5.74, 6) is 0.416. The van der Waals surface area contributed by atoms with Crippen LogP contribution in [0.4, 0.5) is 5.69 Å². The fourth-order valence-corrected chi connectivity index (χ4v) is 4.00. The summed E-state index contributed by atoms with van der Waals surface area (Å²) >= 11 is 3.88. The fraction of sp³-hybridized carbons (Fsp3) is 0. The van der Waals surface area contributed by atoms with E-state index in [1.807, 2.05) is 36.4 Å². The van der Waals surface area contributed by atoms with Gasteiger partial charge in [-0.05, 0) is 71.1 Å². The highest BCUT2D eigenvalue weighted by Gasteiger charge is 2.12. The van der Waals surface area contributed by atoms with Gasteiger partial charge in [-0.2, -0.15) is 0 Å². The van der Waals surface area contributed by atoms with Gasteiger partial charge >= 0.3 is 0 Å². The van der Waals surface area contributed by atoms with Gasteiger partial charge in [-0.25, -0.2) is 4.98 Å². The van der Waals surface area contributed by atoms with Crippen LogP contribution in [0.15, 0.2) is 71.4 Å². The van der Waals surface area contributed by atoms with Crippen molar-refractivity contribution < 1.29 is 9.21 Å². The third kappa shape index (κ3) is 3.71. The minimum atomic E-state index is -0.218. The summed E-state index contributed by atoms with van der Waals surface area (Å²) in [6.45, 7) is 0. The largest absolute Gasteiger partial charge is 0.465 e. The molecule has 0 spiro atoms. The number of benzene rings is 2. The highest BCUT2D eigenvalue weighted by Crippen LogP contribution is 2.35. The smallest absolute Gasteiger partial charge is 0.248 e. The minimum Gasteiger partial charge on any atom is -0.465 e. The van der Waals surface area contributed by atoms with Crippen LogP contribution in [0.1, 0.15) is 5.76 Å². The first kappa shape index (κ1) is 17.0. The molecule has 128 valence electrons. The van der Waals surface area contributed by atoms with Gasteiger partial charge in [0, 0.05) is 15.2 Å². The van der Waals surface area contributed by atoms with Crippen molar-refractivity contribution in [2.75, 3.05) is 5.32 Å². The number of hydrogen-bond donors (Lipinski definition) is 1. The van der Waals surface area contributed by atoms with Gasteiger partial charge in [0.2, 0.25) is 5.91 Å². The molecule has 0 unspecified atom stereocenters. The molecule has 2 aromatic carbocycles. The van der Waals surface area contributed by atoms with E-state index in [-0.39, 0.29) is 5.91 Å². The SMILES string of the molecule is O=C(C=Cc1ccco1)Nc1ccc(I)cc1-c1nc2ccccc2s1. The Labute approximate surface area is 167 Å². The molecule has 4 nitrogen and oxygen atoms in total. The summed E-state index contributed by atoms with van der Waals surface area (Å²) in [4.78, 5) is 17.0. The number of para-hydroxylation sites is 1. The Morgan fingerprint density at radius 3 is 2.85 bits per heavy atom. The van der Waals surface area contributed by atoms with Crippen LogP contribution in [0.3, 0.4) is 0 Å². The molecule has 0 aliphatic rings. The number of carbonyl (C=O) groups is 1. The maximum absolute atomic E-state index is 12.3. The van der Waals surface area contributed by atoms with E-state index >= 15 is 0 Å². The molecule has 0 bridgehead atoms. The number of rotatable bonds is 4. The Morgan fingerprint density at radius 1 is 1.15 bits per heavy atom. The average Bonchev–Trinajstić information content (AvgIpc) is 3.30. The monoisotopic (exact) mass is 472 g/mol. The summed E-state index contributed by atoms with van der Waals surface area (Å²) in [6.07, 6.45) is 4.67. The molecule has 0 aliphatic heterocycles. The van der Waals surface area contributed by atoms with Gasteiger partial charge in [0.25, 0.3) is 0 Å². The van der Waals surface area contributed by atoms with E-state index in [9.17, 15) is 4.79 Å². The summed E-state index contributed by atoms with van der Waals surface area (Å²) in [5.41, 5.74) is 2.61. The molecule has 0 atom stereocenters. The lowest BCUT2D eigenvalue weighted by Gasteiger charge is -2.08. The molecule has 1 amide bonds. The molecule has 0 aliphatic carbocycles. The summed E-state index contributed by atoms with van der Waals surface area (Å²) < 4.78 is 7.41. The lowest BCUT2D eigenvalue weighted by Crippen LogP contribution is -2.08. The Bertz CT molecular complexity index is 1070. The quantitative estimate of drug-likeness (QED) is 0.301. The second-order valence-electron chi connectivity index (χ2n) is 5.51. The lowest BCUT2D eigenvalue weighted by atomic mass is 10.2. The molecule has 0 fully saturated rings. The minimum absolute atomic E-state index is 0.218. The van der Waals surface area contributed by atoms with Gasteiger partial charge in [0.15, 0.2) is 0 Å². The van der Waals surface area contributed by atoms with E-state index in [0.29, 0.717) is 5.76 Å². The number of fused-ring (bicyclic) bond motifs is 1. The highest BCUT2D eigenvalue weighted by molar-refractivity contribution is 14.1. The molecule has 26 heavy (non-hydrogen) atoms. The molecule has 0 saturated carbocycles. The van der Waals surface area contributed by atoms with Crippen LogP contribution < -0.4 is 5.32 Å². The number of nitrogens with zero attached hydrogens (tertiary/aromatic N) is 1. The number of thiazole rings is 1. The molecular weight excluding hydrogens is 459 g/mol. The second kappa shape index (κ2) is 7.43. The van der Waals surface area contributed by atoms with Gasteiger partial charge in [0.05, 0.1) is 22.2 Å². The predicted molar refractivity (Wildman–Crippen MR) is 114 cm³/mol. The molecule has 6 heteroatoms. The first-order chi connectivity index (χ1) is 12.7. The summed E-state index contributed by atoms with van der Waals surface area (Å²) in [7, 11) is 0. The highest BCUT2D eigenvalue weighted by atomic mass is 127.